The molecule has 2 aliphatic heterocycles. The van der Waals surface area contributed by atoms with Crippen molar-refractivity contribution in [2.75, 3.05) is 4.90 Å². The molecular weight excluding hydrogens is 671 g/mol. The Morgan fingerprint density at radius 3 is 2.20 bits per heavy atom. The highest BCUT2D eigenvalue weighted by Gasteiger charge is 2.54. The van der Waals surface area contributed by atoms with Crippen LogP contribution in [0.15, 0.2) is 126 Å². The van der Waals surface area contributed by atoms with Gasteiger partial charge in [0.15, 0.2) is 0 Å². The van der Waals surface area contributed by atoms with Crippen LogP contribution in [0.5, 0.6) is 0 Å². The summed E-state index contributed by atoms with van der Waals surface area (Å²) in [6.07, 6.45) is 6.33. The summed E-state index contributed by atoms with van der Waals surface area (Å²) >= 11 is 2.03. The Morgan fingerprint density at radius 1 is 0.722 bits per heavy atom. The van der Waals surface area contributed by atoms with E-state index < -0.39 is 0 Å². The highest BCUT2D eigenvalue weighted by Crippen LogP contribution is 2.57. The highest BCUT2D eigenvalue weighted by atomic mass is 32.1. The van der Waals surface area contributed by atoms with Gasteiger partial charge in [-0.2, -0.15) is 0 Å². The molecule has 0 amide bonds. The van der Waals surface area contributed by atoms with E-state index in [-0.39, 0.29) is 17.5 Å². The van der Waals surface area contributed by atoms with E-state index in [4.69, 9.17) is 0 Å². The number of anilines is 3. The number of rotatable bonds is 3. The molecule has 6 aromatic rings. The van der Waals surface area contributed by atoms with E-state index in [9.17, 15) is 0 Å². The van der Waals surface area contributed by atoms with E-state index >= 15 is 0 Å². The maximum Gasteiger partial charge on any atom is 0.270 e. The van der Waals surface area contributed by atoms with Gasteiger partial charge in [0.2, 0.25) is 0 Å². The normalized spacial score (nSPS) is 20.6. The Labute approximate surface area is 325 Å². The number of nitrogens with one attached hydrogen (secondary N) is 1. The minimum absolute atomic E-state index is 0.170. The first-order valence-corrected chi connectivity index (χ1v) is 20.7. The predicted molar refractivity (Wildman–Crippen MR) is 233 cm³/mol. The molecule has 1 aromatic heterocycles. The van der Waals surface area contributed by atoms with Crippen molar-refractivity contribution >= 4 is 66.8 Å². The largest absolute Gasteiger partial charge is 0.310 e. The summed E-state index contributed by atoms with van der Waals surface area (Å²) in [6, 6.07) is 39.3. The first-order chi connectivity index (χ1) is 25.9. The molecule has 0 radical (unpaired) electrons. The Bertz CT molecular complexity index is 2580. The molecule has 268 valence electrons. The average Bonchev–Trinajstić information content (AvgIpc) is 3.52. The van der Waals surface area contributed by atoms with Gasteiger partial charge in [-0.3, -0.25) is 0 Å². The van der Waals surface area contributed by atoms with Gasteiger partial charge >= 0.3 is 0 Å². The monoisotopic (exact) mass is 721 g/mol. The van der Waals surface area contributed by atoms with Crippen LogP contribution in [0, 0.1) is 44.4 Å². The predicted octanol–water partition coefficient (Wildman–Crippen LogP) is 11.6. The number of nitrogens with zero attached hydrogens (tertiary/aromatic N) is 1. The van der Waals surface area contributed by atoms with E-state index in [0.29, 0.717) is 5.92 Å². The number of allylic oxidation sites excluding steroid dienone is 3. The lowest BCUT2D eigenvalue weighted by atomic mass is 9.33. The lowest BCUT2D eigenvalue weighted by Crippen LogP contribution is -3.03. The van der Waals surface area contributed by atoms with Gasteiger partial charge in [-0.1, -0.05) is 87.9 Å². The highest BCUT2D eigenvalue weighted by molar-refractivity contribution is 7.32. The van der Waals surface area contributed by atoms with Gasteiger partial charge in [-0.25, -0.2) is 4.90 Å². The summed E-state index contributed by atoms with van der Waals surface area (Å²) in [4.78, 5) is 4.07. The molecule has 1 N–H and O–H groups in total. The summed E-state index contributed by atoms with van der Waals surface area (Å²) in [7, 11) is 0. The van der Waals surface area contributed by atoms with Gasteiger partial charge in [0.25, 0.3) is 6.71 Å². The molecule has 4 heteroatoms. The van der Waals surface area contributed by atoms with E-state index in [0.717, 1.165) is 6.42 Å². The molecule has 1 fully saturated rings. The molecule has 3 heterocycles. The zero-order valence-electron chi connectivity index (χ0n) is 33.0. The number of quaternary nitrogens is 1. The van der Waals surface area contributed by atoms with Crippen LogP contribution in [0.3, 0.4) is 0 Å². The van der Waals surface area contributed by atoms with Crippen molar-refractivity contribution in [3.8, 4) is 11.1 Å². The van der Waals surface area contributed by atoms with E-state index in [1.165, 1.54) is 106 Å². The average molecular weight is 722 g/mol. The lowest BCUT2D eigenvalue weighted by Gasteiger charge is -2.52. The molecule has 0 bridgehead atoms. The van der Waals surface area contributed by atoms with Crippen molar-refractivity contribution in [3.63, 3.8) is 0 Å². The molecule has 1 saturated carbocycles. The number of benzene rings is 5. The van der Waals surface area contributed by atoms with Gasteiger partial charge < -0.3 is 4.90 Å². The SMILES string of the molecule is Cc1cc(C)cc(N2c3cc(C)cc4c3B(C3=C(C=C5C(C3)C(C)(C)CCC5(C)C)[NH+]4c3ccc(-c4ccccc4)cc3C)c3sc4ccccc4c32)c1. The van der Waals surface area contributed by atoms with Crippen molar-refractivity contribution in [2.45, 2.75) is 74.7 Å². The van der Waals surface area contributed by atoms with Gasteiger partial charge in [0.05, 0.1) is 5.69 Å². The molecule has 54 heavy (non-hydrogen) atoms. The Hall–Kier alpha value is -4.64. The summed E-state index contributed by atoms with van der Waals surface area (Å²) < 4.78 is 2.87. The summed E-state index contributed by atoms with van der Waals surface area (Å²) in [5.41, 5.74) is 21.2. The molecule has 5 aromatic carbocycles. The summed E-state index contributed by atoms with van der Waals surface area (Å²) in [6.45, 7) is 19.5. The number of thiophene rings is 1. The van der Waals surface area contributed by atoms with Crippen molar-refractivity contribution in [1.29, 1.82) is 0 Å². The maximum atomic E-state index is 2.72. The molecule has 0 spiro atoms. The Balaban J connectivity index is 1.30. The third-order valence-corrected chi connectivity index (χ3v) is 14.7. The van der Waals surface area contributed by atoms with Crippen molar-refractivity contribution in [2.24, 2.45) is 16.7 Å². The molecule has 2 unspecified atom stereocenters. The van der Waals surface area contributed by atoms with E-state index in [1.54, 1.807) is 11.0 Å². The van der Waals surface area contributed by atoms with Crippen LogP contribution in [0.25, 0.3) is 21.2 Å². The first-order valence-electron chi connectivity index (χ1n) is 19.9. The van der Waals surface area contributed by atoms with Crippen molar-refractivity contribution in [1.82, 2.24) is 0 Å². The topological polar surface area (TPSA) is 7.68 Å². The van der Waals surface area contributed by atoms with Gasteiger partial charge in [0.1, 0.15) is 17.1 Å². The second-order valence-electron chi connectivity index (χ2n) is 18.1. The molecule has 4 aliphatic rings. The fraction of sp³-hybridized carbons (Fsp3) is 0.280. The fourth-order valence-corrected chi connectivity index (χ4v) is 12.0. The van der Waals surface area contributed by atoms with Crippen LogP contribution in [0.1, 0.15) is 69.2 Å². The van der Waals surface area contributed by atoms with Gasteiger partial charge in [-0.15, -0.1) is 11.3 Å². The van der Waals surface area contributed by atoms with Gasteiger partial charge in [-0.05, 0) is 139 Å². The standard InChI is InChI=1S/C50H49BN2S/c1-30-22-31(2)24-36(23-30)52-43-25-32(3)26-44-46(43)51(48-47(52)37-16-12-13-17-45(37)54-48)40-28-38-39(50(7,8)21-20-49(38,5)6)29-42(40)53(44)41-19-18-35(27-33(41)4)34-14-10-9-11-15-34/h9-19,22-27,29,38H,20-21,28H2,1-8H3/p+1. The minimum Gasteiger partial charge on any atom is -0.310 e. The third-order valence-electron chi connectivity index (χ3n) is 13.4. The van der Waals surface area contributed by atoms with Crippen LogP contribution >= 0.6 is 11.3 Å². The number of aryl methyl sites for hydroxylation is 4. The van der Waals surface area contributed by atoms with Crippen molar-refractivity contribution < 1.29 is 4.90 Å². The Kier molecular flexibility index (Phi) is 7.49. The fourth-order valence-electron chi connectivity index (χ4n) is 10.7. The number of fused-ring (bicyclic) bond motifs is 6. The smallest absolute Gasteiger partial charge is 0.270 e. The molecule has 0 saturated heterocycles. The van der Waals surface area contributed by atoms with Crippen LogP contribution in [-0.4, -0.2) is 6.71 Å². The minimum atomic E-state index is 0.170. The van der Waals surface area contributed by atoms with Gasteiger partial charge in [0, 0.05) is 49.4 Å². The van der Waals surface area contributed by atoms with Crippen LogP contribution in [-0.2, 0) is 0 Å². The van der Waals surface area contributed by atoms with Crippen LogP contribution in [0.2, 0.25) is 0 Å². The van der Waals surface area contributed by atoms with E-state index in [1.807, 2.05) is 11.3 Å². The van der Waals surface area contributed by atoms with Crippen molar-refractivity contribution in [3.05, 3.63) is 148 Å². The quantitative estimate of drug-likeness (QED) is 0.179. The second kappa shape index (κ2) is 11.9. The van der Waals surface area contributed by atoms with Crippen LogP contribution in [0.4, 0.5) is 28.4 Å². The number of hydrogen-bond donors (Lipinski definition) is 1. The maximum absolute atomic E-state index is 2.72. The zero-order valence-corrected chi connectivity index (χ0v) is 33.8. The lowest BCUT2D eigenvalue weighted by molar-refractivity contribution is -0.711. The number of hydrogen-bond acceptors (Lipinski definition) is 2. The molecule has 2 aliphatic carbocycles. The Morgan fingerprint density at radius 2 is 1.44 bits per heavy atom. The summed E-state index contributed by atoms with van der Waals surface area (Å²) in [5.74, 6) is 0.522. The zero-order chi connectivity index (χ0) is 37.3. The summed E-state index contributed by atoms with van der Waals surface area (Å²) in [5, 5.41) is 1.36. The first kappa shape index (κ1) is 33.9. The molecule has 2 nitrogen and oxygen atoms in total. The second-order valence-corrected chi connectivity index (χ2v) is 19.2. The van der Waals surface area contributed by atoms with Crippen LogP contribution < -0.4 is 20.0 Å². The molecular formula is C50H50BN2S+. The molecule has 2 atom stereocenters. The third kappa shape index (κ3) is 5.02. The van der Waals surface area contributed by atoms with E-state index in [2.05, 4.69) is 169 Å². The molecule has 10 rings (SSSR count).